The Morgan fingerprint density at radius 1 is 1.04 bits per heavy atom. The standard InChI is InChI=1S/C36H34ClF2N7O3/c37-30-23(13-15-40-33(30)39)31-32-34(46(44-31)29-12-6-7-17-48-29)43-28(18-41-32)45-16-14-24-26(19-45)36(24,25-10-4-5-11-27(25)38)21-42-35(47)49-20-22-8-2-1-3-9-22/h1-5,8-11,13,15,18,24,26,29H,6-7,12,14,16-17,19-21H2,(H,42,47)/t24-,26?,29?,36-/m1/s1. The zero-order valence-corrected chi connectivity index (χ0v) is 27.3. The van der Waals surface area contributed by atoms with E-state index in [9.17, 15) is 9.18 Å². The maximum Gasteiger partial charge on any atom is 0.407 e. The SMILES string of the molecule is O=C(NC[C@@]1(c2ccccc2F)C2CN(c3cnc4c(-c5ccnc(F)c5Cl)nn(C5CCCCO5)c4n3)CC[C@H]21)OCc1ccccc1. The summed E-state index contributed by atoms with van der Waals surface area (Å²) in [5.74, 6) is -0.232. The van der Waals surface area contributed by atoms with Crippen molar-refractivity contribution in [3.63, 3.8) is 0 Å². The van der Waals surface area contributed by atoms with Crippen LogP contribution in [0.15, 0.2) is 73.1 Å². The van der Waals surface area contributed by atoms with E-state index in [0.29, 0.717) is 53.5 Å². The summed E-state index contributed by atoms with van der Waals surface area (Å²) in [6, 6.07) is 17.9. The summed E-state index contributed by atoms with van der Waals surface area (Å²) >= 11 is 6.34. The predicted molar refractivity (Wildman–Crippen MR) is 179 cm³/mol. The molecular weight excluding hydrogens is 652 g/mol. The van der Waals surface area contributed by atoms with Crippen LogP contribution in [-0.2, 0) is 21.5 Å². The highest BCUT2D eigenvalue weighted by molar-refractivity contribution is 6.33. The van der Waals surface area contributed by atoms with E-state index in [2.05, 4.69) is 15.2 Å². The molecule has 0 spiro atoms. The van der Waals surface area contributed by atoms with Crippen LogP contribution in [0.1, 0.15) is 43.0 Å². The van der Waals surface area contributed by atoms with Gasteiger partial charge in [-0.2, -0.15) is 9.49 Å². The van der Waals surface area contributed by atoms with E-state index in [1.165, 1.54) is 12.3 Å². The summed E-state index contributed by atoms with van der Waals surface area (Å²) < 4.78 is 43.1. The van der Waals surface area contributed by atoms with Crippen molar-refractivity contribution in [2.24, 2.45) is 11.8 Å². The highest BCUT2D eigenvalue weighted by Gasteiger charge is 2.67. The normalized spacial score (nSPS) is 23.2. The number of fused-ring (bicyclic) bond motifs is 2. The van der Waals surface area contributed by atoms with Gasteiger partial charge in [-0.15, -0.1) is 0 Å². The van der Waals surface area contributed by atoms with E-state index in [0.717, 1.165) is 31.2 Å². The van der Waals surface area contributed by atoms with E-state index in [1.807, 2.05) is 42.5 Å². The first-order chi connectivity index (χ1) is 23.9. The lowest BCUT2D eigenvalue weighted by atomic mass is 9.90. The molecule has 49 heavy (non-hydrogen) atoms. The van der Waals surface area contributed by atoms with E-state index >= 15 is 4.39 Å². The lowest BCUT2D eigenvalue weighted by Gasteiger charge is -2.27. The number of hydrogen-bond donors (Lipinski definition) is 1. The van der Waals surface area contributed by atoms with Crippen LogP contribution < -0.4 is 10.2 Å². The molecule has 3 aliphatic rings. The molecule has 4 atom stereocenters. The highest BCUT2D eigenvalue weighted by Crippen LogP contribution is 2.63. The molecule has 1 N–H and O–H groups in total. The molecule has 3 aromatic heterocycles. The van der Waals surface area contributed by atoms with Crippen LogP contribution >= 0.6 is 11.6 Å². The molecule has 252 valence electrons. The predicted octanol–water partition coefficient (Wildman–Crippen LogP) is 6.84. The number of amides is 1. The first-order valence-electron chi connectivity index (χ1n) is 16.6. The average Bonchev–Trinajstić information content (AvgIpc) is 3.63. The van der Waals surface area contributed by atoms with Gasteiger partial charge in [0.1, 0.15) is 34.5 Å². The monoisotopic (exact) mass is 685 g/mol. The van der Waals surface area contributed by atoms with Crippen LogP contribution in [0.4, 0.5) is 19.4 Å². The largest absolute Gasteiger partial charge is 0.445 e. The molecule has 1 saturated carbocycles. The van der Waals surface area contributed by atoms with Crippen molar-refractivity contribution in [3.05, 3.63) is 101 Å². The summed E-state index contributed by atoms with van der Waals surface area (Å²) in [7, 11) is 0. The Kier molecular flexibility index (Phi) is 8.36. The Balaban J connectivity index is 1.08. The number of benzene rings is 2. The van der Waals surface area contributed by atoms with Crippen LogP contribution in [0.2, 0.25) is 5.02 Å². The summed E-state index contributed by atoms with van der Waals surface area (Å²) in [5, 5.41) is 7.63. The Morgan fingerprint density at radius 2 is 1.88 bits per heavy atom. The molecular formula is C36H34ClF2N7O3. The molecule has 2 aromatic carbocycles. The third-order valence-electron chi connectivity index (χ3n) is 10.2. The molecule has 3 fully saturated rings. The number of nitrogens with one attached hydrogen (secondary N) is 1. The van der Waals surface area contributed by atoms with Gasteiger partial charge in [0.15, 0.2) is 11.9 Å². The second-order valence-electron chi connectivity index (χ2n) is 12.9. The number of ether oxygens (including phenoxy) is 2. The molecule has 0 bridgehead atoms. The number of alkyl carbamates (subject to hydrolysis) is 1. The Morgan fingerprint density at radius 3 is 2.69 bits per heavy atom. The minimum Gasteiger partial charge on any atom is -0.445 e. The lowest BCUT2D eigenvalue weighted by Crippen LogP contribution is -2.36. The molecule has 2 aliphatic heterocycles. The van der Waals surface area contributed by atoms with Gasteiger partial charge in [0.2, 0.25) is 5.95 Å². The van der Waals surface area contributed by atoms with Gasteiger partial charge in [0, 0.05) is 43.4 Å². The average molecular weight is 686 g/mol. The molecule has 13 heteroatoms. The molecule has 2 unspecified atom stereocenters. The minimum absolute atomic E-state index is 0.0471. The summed E-state index contributed by atoms with van der Waals surface area (Å²) in [6.45, 7) is 2.24. The minimum atomic E-state index is -0.787. The van der Waals surface area contributed by atoms with E-state index in [-0.39, 0.29) is 42.1 Å². The van der Waals surface area contributed by atoms with Crippen molar-refractivity contribution < 1.29 is 23.0 Å². The summed E-state index contributed by atoms with van der Waals surface area (Å²) in [6.07, 6.45) is 5.59. The topological polar surface area (TPSA) is 107 Å². The molecule has 1 amide bonds. The molecule has 5 aromatic rings. The van der Waals surface area contributed by atoms with Crippen LogP contribution in [-0.4, -0.2) is 57.1 Å². The number of aromatic nitrogens is 5. The summed E-state index contributed by atoms with van der Waals surface area (Å²) in [5.41, 5.74) is 2.64. The third kappa shape index (κ3) is 5.76. The van der Waals surface area contributed by atoms with Crippen molar-refractivity contribution in [3.8, 4) is 11.3 Å². The van der Waals surface area contributed by atoms with Crippen LogP contribution in [0.5, 0.6) is 0 Å². The first kappa shape index (κ1) is 31.6. The van der Waals surface area contributed by atoms with E-state index in [1.54, 1.807) is 23.0 Å². The molecule has 2 saturated heterocycles. The van der Waals surface area contributed by atoms with Crippen molar-refractivity contribution in [1.82, 2.24) is 30.0 Å². The van der Waals surface area contributed by atoms with Gasteiger partial charge in [-0.3, -0.25) is 0 Å². The molecule has 10 nitrogen and oxygen atoms in total. The van der Waals surface area contributed by atoms with Crippen molar-refractivity contribution >= 4 is 34.7 Å². The first-order valence-corrected chi connectivity index (χ1v) is 16.9. The van der Waals surface area contributed by atoms with Crippen LogP contribution in [0.3, 0.4) is 0 Å². The molecule has 8 rings (SSSR count). The quantitative estimate of drug-likeness (QED) is 0.177. The molecule has 1 aliphatic carbocycles. The smallest absolute Gasteiger partial charge is 0.407 e. The van der Waals surface area contributed by atoms with E-state index < -0.39 is 17.5 Å². The number of rotatable bonds is 8. The van der Waals surface area contributed by atoms with Gasteiger partial charge in [-0.05, 0) is 60.8 Å². The lowest BCUT2D eigenvalue weighted by molar-refractivity contribution is -0.0368. The number of nitrogens with zero attached hydrogens (tertiary/aromatic N) is 6. The van der Waals surface area contributed by atoms with Crippen molar-refractivity contribution in [2.45, 2.75) is 43.9 Å². The maximum absolute atomic E-state index is 15.4. The summed E-state index contributed by atoms with van der Waals surface area (Å²) in [4.78, 5) is 28.5. The molecule has 5 heterocycles. The van der Waals surface area contributed by atoms with Crippen molar-refractivity contribution in [1.29, 1.82) is 0 Å². The van der Waals surface area contributed by atoms with E-state index in [4.69, 9.17) is 36.1 Å². The second kappa shape index (κ2) is 13.0. The number of pyridine rings is 1. The van der Waals surface area contributed by atoms with Crippen LogP contribution in [0.25, 0.3) is 22.4 Å². The zero-order valence-electron chi connectivity index (χ0n) is 26.6. The van der Waals surface area contributed by atoms with Gasteiger partial charge >= 0.3 is 6.09 Å². The van der Waals surface area contributed by atoms with Gasteiger partial charge in [-0.1, -0.05) is 60.1 Å². The second-order valence-corrected chi connectivity index (χ2v) is 13.2. The number of piperidine rings is 1. The fourth-order valence-electron chi connectivity index (χ4n) is 7.73. The Hall–Kier alpha value is -4.68. The zero-order chi connectivity index (χ0) is 33.5. The van der Waals surface area contributed by atoms with Crippen LogP contribution in [0, 0.1) is 23.6 Å². The number of hydrogen-bond acceptors (Lipinski definition) is 8. The Labute approximate surface area is 286 Å². The fraction of sp³-hybridized carbons (Fsp3) is 0.361. The van der Waals surface area contributed by atoms with Gasteiger partial charge < -0.3 is 19.7 Å². The van der Waals surface area contributed by atoms with Crippen molar-refractivity contribution in [2.75, 3.05) is 31.1 Å². The number of anilines is 1. The number of halogens is 3. The van der Waals surface area contributed by atoms with Gasteiger partial charge in [0.05, 0.1) is 6.20 Å². The number of carbonyl (C=O) groups excluding carboxylic acids is 1. The number of carbonyl (C=O) groups is 1. The Bertz CT molecular complexity index is 2010. The maximum atomic E-state index is 15.4. The van der Waals surface area contributed by atoms with Gasteiger partial charge in [0.25, 0.3) is 0 Å². The fourth-order valence-corrected chi connectivity index (χ4v) is 7.93. The molecule has 0 radical (unpaired) electrons. The third-order valence-corrected chi connectivity index (χ3v) is 10.5. The highest BCUT2D eigenvalue weighted by atomic mass is 35.5. The van der Waals surface area contributed by atoms with Gasteiger partial charge in [-0.25, -0.2) is 28.8 Å².